The lowest BCUT2D eigenvalue weighted by Gasteiger charge is -2.15. The van der Waals surface area contributed by atoms with Gasteiger partial charge in [-0.1, -0.05) is 145 Å². The van der Waals surface area contributed by atoms with E-state index in [4.69, 9.17) is 28.8 Å². The van der Waals surface area contributed by atoms with E-state index in [-0.39, 0.29) is 0 Å². The van der Waals surface area contributed by atoms with Crippen molar-refractivity contribution in [2.45, 2.75) is 0 Å². The molecule has 0 aliphatic heterocycles. The van der Waals surface area contributed by atoms with Crippen LogP contribution >= 0.6 is 0 Å². The number of nitriles is 1. The van der Waals surface area contributed by atoms with E-state index in [1.54, 1.807) is 0 Å². The third-order valence-electron chi connectivity index (χ3n) is 7.29. The van der Waals surface area contributed by atoms with Crippen molar-refractivity contribution >= 4 is 32.3 Å². The first-order valence-electron chi connectivity index (χ1n) is 28.9. The Morgan fingerprint density at radius 1 is 0.400 bits per heavy atom. The maximum atomic E-state index is 9.62. The molecule has 1 aromatic heterocycles. The molecule has 0 saturated heterocycles. The van der Waals surface area contributed by atoms with Crippen molar-refractivity contribution in [3.8, 4) is 62.2 Å². The molecular formula is C47H29N3. The van der Waals surface area contributed by atoms with Crippen molar-refractivity contribution in [2.75, 3.05) is 0 Å². The summed E-state index contributed by atoms with van der Waals surface area (Å²) in [6, 6.07) is -26.9. The Bertz CT molecular complexity index is 4350. The Labute approximate surface area is 331 Å². The Morgan fingerprint density at radius 3 is 1.80 bits per heavy atom. The fourth-order valence-electron chi connectivity index (χ4n) is 5.06. The quantitative estimate of drug-likeness (QED) is 0.136. The van der Waals surface area contributed by atoms with Crippen LogP contribution in [0.1, 0.15) is 45.3 Å². The van der Waals surface area contributed by atoms with Gasteiger partial charge in [-0.05, 0) is 84.8 Å². The van der Waals surface area contributed by atoms with Crippen molar-refractivity contribution in [3.63, 3.8) is 0 Å². The molecule has 0 radical (unpaired) electrons. The highest BCUT2D eigenvalue weighted by molar-refractivity contribution is 6.20. The van der Waals surface area contributed by atoms with Gasteiger partial charge in [0, 0.05) is 16.7 Å². The van der Waals surface area contributed by atoms with E-state index >= 15 is 0 Å². The van der Waals surface area contributed by atoms with Crippen LogP contribution < -0.4 is 0 Å². The third-order valence-corrected chi connectivity index (χ3v) is 7.29. The second-order valence-electron chi connectivity index (χ2n) is 10.2. The van der Waals surface area contributed by atoms with Gasteiger partial charge in [0.25, 0.3) is 0 Å². The molecule has 0 N–H and O–H groups in total. The lowest BCUT2D eigenvalue weighted by atomic mass is 9.89. The van der Waals surface area contributed by atoms with Crippen LogP contribution in [0.25, 0.3) is 88.5 Å². The van der Waals surface area contributed by atoms with E-state index in [9.17, 15) is 16.2 Å². The molecule has 0 saturated carbocycles. The predicted molar refractivity (Wildman–Crippen MR) is 206 cm³/mol. The molecule has 0 atom stereocenters. The average Bonchev–Trinajstić information content (AvgIpc) is 3.30. The molecule has 50 heavy (non-hydrogen) atoms. The van der Waals surface area contributed by atoms with Crippen molar-refractivity contribution in [1.82, 2.24) is 9.97 Å². The third kappa shape index (κ3) is 5.26. The van der Waals surface area contributed by atoms with E-state index in [2.05, 4.69) is 9.97 Å². The first-order chi connectivity index (χ1) is 36.8. The summed E-state index contributed by atoms with van der Waals surface area (Å²) in [6.07, 6.45) is 0. The van der Waals surface area contributed by atoms with Gasteiger partial charge in [0.15, 0.2) is 5.82 Å². The zero-order valence-electron chi connectivity index (χ0n) is 53.8. The monoisotopic (exact) mass is 664 g/mol. The molecule has 232 valence electrons. The summed E-state index contributed by atoms with van der Waals surface area (Å²) in [7, 11) is 0. The largest absolute Gasteiger partial charge is 0.228 e. The molecule has 1 heterocycles. The minimum Gasteiger partial charge on any atom is -0.228 e. The van der Waals surface area contributed by atoms with E-state index in [0.29, 0.717) is 0 Å². The van der Waals surface area contributed by atoms with Crippen molar-refractivity contribution in [3.05, 3.63) is 181 Å². The highest BCUT2D eigenvalue weighted by atomic mass is 14.9. The highest BCUT2D eigenvalue weighted by Gasteiger charge is 2.15. The molecule has 0 aliphatic carbocycles. The zero-order valence-corrected chi connectivity index (χ0v) is 24.8. The van der Waals surface area contributed by atoms with Crippen molar-refractivity contribution in [2.24, 2.45) is 0 Å². The highest BCUT2D eigenvalue weighted by Crippen LogP contribution is 2.40. The summed E-state index contributed by atoms with van der Waals surface area (Å²) in [5.74, 6) is -0.958. The molecule has 9 aromatic rings. The normalized spacial score (nSPS) is 19.3. The number of nitrogens with zero attached hydrogens (tertiary/aromatic N) is 3. The fourth-order valence-corrected chi connectivity index (χ4v) is 5.06. The summed E-state index contributed by atoms with van der Waals surface area (Å²) in [4.78, 5) is 8.52. The number of hydrogen-bond donors (Lipinski definition) is 0. The summed E-state index contributed by atoms with van der Waals surface area (Å²) in [6.45, 7) is 0. The van der Waals surface area contributed by atoms with Crippen LogP contribution in [0.2, 0.25) is 0 Å². The summed E-state index contributed by atoms with van der Waals surface area (Å²) < 4.78 is 258. The maximum absolute atomic E-state index is 9.62. The molecule has 0 spiro atoms. The molecule has 0 aliphatic rings. The smallest absolute Gasteiger partial charge is 0.160 e. The molecule has 3 nitrogen and oxygen atoms in total. The lowest BCUT2D eigenvalue weighted by molar-refractivity contribution is 1.18. The van der Waals surface area contributed by atoms with Crippen LogP contribution in [-0.4, -0.2) is 9.97 Å². The standard InChI is InChI=1S/C47H29N3/c48-30-31-17-19-32(20-18-31)37-13-8-14-39(27-37)45-29-44(49-47(50-45)36-10-2-1-3-11-36)34-21-23-35(24-22-34)46-41-16-7-5-12-38(41)28-43-40-15-6-4-9-33(40)25-26-42(43)46/h1-29H/i1D,2D,3D,4D,5D,6D,7D,8D,9D,10D,11D,12D,13D,14D,15D,16D,17D,18D,19D,20D,21D,22D,23D,24D,25D,26D,27D,28D,29D. The van der Waals surface area contributed by atoms with Crippen LogP contribution in [0.5, 0.6) is 0 Å². The Balaban J connectivity index is 1.49. The number of rotatable bonds is 5. The van der Waals surface area contributed by atoms with E-state index in [1.165, 1.54) is 6.07 Å². The van der Waals surface area contributed by atoms with Gasteiger partial charge in [-0.2, -0.15) is 5.26 Å². The first-order valence-corrected chi connectivity index (χ1v) is 14.4. The minimum atomic E-state index is -1.18. The number of fused-ring (bicyclic) bond motifs is 4. The van der Waals surface area contributed by atoms with Crippen molar-refractivity contribution < 1.29 is 39.8 Å². The fraction of sp³-hybridized carbons (Fsp3) is 0. The van der Waals surface area contributed by atoms with Gasteiger partial charge in [0.1, 0.15) is 0 Å². The summed E-state index contributed by atoms with van der Waals surface area (Å²) >= 11 is 0. The predicted octanol–water partition coefficient (Wildman–Crippen LogP) is 12.1. The van der Waals surface area contributed by atoms with E-state index in [0.717, 1.165) is 0 Å². The second kappa shape index (κ2) is 12.3. The first kappa shape index (κ1) is 11.9. The molecule has 0 bridgehead atoms. The second-order valence-corrected chi connectivity index (χ2v) is 10.2. The van der Waals surface area contributed by atoms with Gasteiger partial charge in [0.05, 0.1) is 62.8 Å². The number of benzene rings is 8. The van der Waals surface area contributed by atoms with Gasteiger partial charge in [-0.3, -0.25) is 0 Å². The van der Waals surface area contributed by atoms with Gasteiger partial charge in [-0.15, -0.1) is 0 Å². The number of hydrogen-bond acceptors (Lipinski definition) is 3. The lowest BCUT2D eigenvalue weighted by Crippen LogP contribution is -1.96. The van der Waals surface area contributed by atoms with Gasteiger partial charge < -0.3 is 0 Å². The molecule has 3 heteroatoms. The molecule has 9 rings (SSSR count). The van der Waals surface area contributed by atoms with Crippen molar-refractivity contribution in [1.29, 1.82) is 5.26 Å². The SMILES string of the molecule is [2H]c1c(-c2c([2H])c([2H])c(-c3c4c([2H])c([2H])c([2H])c([2H])c4c([2H])c4c3c([2H])c([2H])c3c([2H])c([2H])c([2H])c([2H])c34)c([2H])c2[2H])nc(-c2c([2H])c([2H])c([2H])c([2H])c2[2H])nc1-c1c([2H])c([2H])c([2H])c(-c2c([2H])c([2H])c(C#N)c([2H])c2[2H])c1[2H]. The van der Waals surface area contributed by atoms with Crippen LogP contribution in [0, 0.1) is 11.3 Å². The molecule has 0 fully saturated rings. The zero-order chi connectivity index (χ0) is 58.7. The minimum absolute atomic E-state index is 0.570. The van der Waals surface area contributed by atoms with E-state index < -0.39 is 269 Å². The van der Waals surface area contributed by atoms with Crippen LogP contribution in [0.4, 0.5) is 0 Å². The maximum Gasteiger partial charge on any atom is 0.160 e. The van der Waals surface area contributed by atoms with Gasteiger partial charge in [-0.25, -0.2) is 9.97 Å². The Kier molecular flexibility index (Phi) is 2.93. The molecule has 8 aromatic carbocycles. The van der Waals surface area contributed by atoms with Crippen LogP contribution in [0.15, 0.2) is 175 Å². The molecule has 0 amide bonds. The molecule has 0 unspecified atom stereocenters. The Morgan fingerprint density at radius 2 is 1.02 bits per heavy atom. The summed E-state index contributed by atoms with van der Waals surface area (Å²) in [5, 5.41) is 5.83. The van der Waals surface area contributed by atoms with E-state index in [1.807, 2.05) is 0 Å². The summed E-state index contributed by atoms with van der Waals surface area (Å²) in [5.41, 5.74) is -8.78. The van der Waals surface area contributed by atoms with Gasteiger partial charge >= 0.3 is 0 Å². The van der Waals surface area contributed by atoms with Crippen LogP contribution in [0.3, 0.4) is 0 Å². The molecular weight excluding hydrogens is 607 g/mol. The topological polar surface area (TPSA) is 49.6 Å². The van der Waals surface area contributed by atoms with Gasteiger partial charge in [0.2, 0.25) is 0 Å². The Hall–Kier alpha value is -6.89. The average molecular weight is 665 g/mol. The van der Waals surface area contributed by atoms with Crippen LogP contribution in [-0.2, 0) is 0 Å². The number of aromatic nitrogens is 2.